The molecule has 12 rings (SSSR count). The SMILES string of the molecule is c1ccc2c(c1)Sc1ccccc1N2c1cc(-c2cc(-c3nc4cccnc4o3)cc(N3c4ccccc4Sc4ccccc43)c2)cc(-c2nc3cccnc3o2)c1. The maximum Gasteiger partial charge on any atom is 0.247 e. The van der Waals surface area contributed by atoms with Gasteiger partial charge in [0.25, 0.3) is 0 Å². The smallest absolute Gasteiger partial charge is 0.247 e. The second-order valence-corrected chi connectivity index (χ2v) is 16.1. The molecule has 0 fully saturated rings. The van der Waals surface area contributed by atoms with Gasteiger partial charge in [0.05, 0.1) is 22.7 Å². The highest BCUT2D eigenvalue weighted by atomic mass is 32.2. The molecule has 0 atom stereocenters. The van der Waals surface area contributed by atoms with Crippen LogP contribution in [0.15, 0.2) is 199 Å². The molecule has 2 aliphatic rings. The number of pyridine rings is 2. The molecule has 0 N–H and O–H groups in total. The third kappa shape index (κ3) is 5.48. The second-order valence-electron chi connectivity index (χ2n) is 14.0. The van der Waals surface area contributed by atoms with E-state index in [-0.39, 0.29) is 0 Å². The van der Waals surface area contributed by atoms with Gasteiger partial charge in [0.2, 0.25) is 23.2 Å². The van der Waals surface area contributed by atoms with E-state index in [0.717, 1.165) is 56.4 Å². The standard InChI is InChI=1S/C48H28N6O2S2/c1-5-17-41-37(13-1)53(38-14-2-6-18-42(38)57-41)33-25-29(23-31(27-33)45-51-35-11-9-21-49-47(35)55-45)30-24-32(46-52-36-12-10-22-50-48(36)56-46)28-34(26-30)54-39-15-3-7-19-43(39)58-44-20-8-4-16-40(44)54/h1-28H. The fraction of sp³-hybridized carbons (Fsp3) is 0. The van der Waals surface area contributed by atoms with Crippen LogP contribution in [-0.2, 0) is 0 Å². The van der Waals surface area contributed by atoms with E-state index in [0.29, 0.717) is 34.2 Å². The summed E-state index contributed by atoms with van der Waals surface area (Å²) in [5, 5.41) is 0. The number of aromatic nitrogens is 4. The summed E-state index contributed by atoms with van der Waals surface area (Å²) in [5.41, 5.74) is 12.3. The maximum atomic E-state index is 6.36. The summed E-state index contributed by atoms with van der Waals surface area (Å²) in [6, 6.07) is 54.9. The molecular formula is C48H28N6O2S2. The largest absolute Gasteiger partial charge is 0.418 e. The number of nitrogens with zero attached hydrogens (tertiary/aromatic N) is 6. The fourth-order valence-electron chi connectivity index (χ4n) is 7.81. The van der Waals surface area contributed by atoms with Gasteiger partial charge < -0.3 is 18.6 Å². The molecule has 10 aromatic rings. The molecule has 8 nitrogen and oxygen atoms in total. The van der Waals surface area contributed by atoms with Crippen LogP contribution >= 0.6 is 23.5 Å². The molecule has 0 aliphatic carbocycles. The Kier molecular flexibility index (Phi) is 7.54. The van der Waals surface area contributed by atoms with Crippen molar-refractivity contribution in [2.45, 2.75) is 19.6 Å². The van der Waals surface area contributed by atoms with Crippen LogP contribution in [0, 0.1) is 0 Å². The van der Waals surface area contributed by atoms with Crippen molar-refractivity contribution in [3.63, 3.8) is 0 Å². The molecule has 6 heterocycles. The van der Waals surface area contributed by atoms with E-state index in [1.54, 1.807) is 35.9 Å². The number of rotatable bonds is 5. The fourth-order valence-corrected chi connectivity index (χ4v) is 9.93. The van der Waals surface area contributed by atoms with E-state index in [4.69, 9.17) is 18.8 Å². The first-order chi connectivity index (χ1) is 28.7. The lowest BCUT2D eigenvalue weighted by Gasteiger charge is -2.34. The molecule has 4 aromatic heterocycles. The van der Waals surface area contributed by atoms with Crippen LogP contribution in [0.5, 0.6) is 0 Å². The highest BCUT2D eigenvalue weighted by Gasteiger charge is 2.28. The van der Waals surface area contributed by atoms with Gasteiger partial charge in [-0.05, 0) is 120 Å². The molecule has 6 aromatic carbocycles. The van der Waals surface area contributed by atoms with Gasteiger partial charge in [-0.2, -0.15) is 0 Å². The van der Waals surface area contributed by atoms with Crippen molar-refractivity contribution in [3.05, 3.63) is 170 Å². The van der Waals surface area contributed by atoms with Crippen molar-refractivity contribution in [2.24, 2.45) is 0 Å². The van der Waals surface area contributed by atoms with Crippen LogP contribution in [0.4, 0.5) is 34.1 Å². The lowest BCUT2D eigenvalue weighted by molar-refractivity contribution is 0.607. The number of fused-ring (bicyclic) bond motifs is 6. The summed E-state index contributed by atoms with van der Waals surface area (Å²) in [6.07, 6.45) is 3.45. The van der Waals surface area contributed by atoms with Crippen molar-refractivity contribution >= 4 is 80.1 Å². The first-order valence-electron chi connectivity index (χ1n) is 18.8. The summed E-state index contributed by atoms with van der Waals surface area (Å²) in [4.78, 5) is 28.2. The van der Waals surface area contributed by atoms with Crippen molar-refractivity contribution in [1.82, 2.24) is 19.9 Å². The monoisotopic (exact) mass is 784 g/mol. The van der Waals surface area contributed by atoms with E-state index in [1.807, 2.05) is 24.3 Å². The van der Waals surface area contributed by atoms with Crippen molar-refractivity contribution in [3.8, 4) is 34.0 Å². The predicted molar refractivity (Wildman–Crippen MR) is 231 cm³/mol. The van der Waals surface area contributed by atoms with Gasteiger partial charge in [0, 0.05) is 54.5 Å². The highest BCUT2D eigenvalue weighted by molar-refractivity contribution is 8.00. The topological polar surface area (TPSA) is 84.3 Å². The molecule has 0 unspecified atom stereocenters. The zero-order valence-electron chi connectivity index (χ0n) is 30.5. The molecule has 0 spiro atoms. The van der Waals surface area contributed by atoms with Gasteiger partial charge in [-0.3, -0.25) is 0 Å². The normalized spacial score (nSPS) is 13.0. The Hall–Kier alpha value is -7.14. The Morgan fingerprint density at radius 2 is 0.741 bits per heavy atom. The molecule has 0 radical (unpaired) electrons. The first kappa shape index (κ1) is 33.0. The van der Waals surface area contributed by atoms with E-state index in [1.165, 1.54) is 19.6 Å². The number of benzene rings is 6. The summed E-state index contributed by atoms with van der Waals surface area (Å²) >= 11 is 3.56. The van der Waals surface area contributed by atoms with Crippen molar-refractivity contribution in [1.29, 1.82) is 0 Å². The molecule has 274 valence electrons. The van der Waals surface area contributed by atoms with E-state index >= 15 is 0 Å². The minimum absolute atomic E-state index is 0.488. The summed E-state index contributed by atoms with van der Waals surface area (Å²) in [5.74, 6) is 0.976. The van der Waals surface area contributed by atoms with Gasteiger partial charge in [-0.15, -0.1) is 0 Å². The molecule has 10 heteroatoms. The molecular weight excluding hydrogens is 757 g/mol. The zero-order valence-corrected chi connectivity index (χ0v) is 32.1. The van der Waals surface area contributed by atoms with E-state index < -0.39 is 0 Å². The molecule has 0 saturated heterocycles. The molecule has 0 saturated carbocycles. The van der Waals surface area contributed by atoms with Crippen LogP contribution in [0.3, 0.4) is 0 Å². The number of oxazole rings is 2. The number of anilines is 6. The van der Waals surface area contributed by atoms with Gasteiger partial charge in [0.1, 0.15) is 11.0 Å². The molecule has 0 amide bonds. The van der Waals surface area contributed by atoms with Gasteiger partial charge >= 0.3 is 0 Å². The third-order valence-corrected chi connectivity index (χ3v) is 12.6. The first-order valence-corrected chi connectivity index (χ1v) is 20.4. The lowest BCUT2D eigenvalue weighted by Crippen LogP contribution is -2.15. The molecule has 58 heavy (non-hydrogen) atoms. The molecule has 0 bridgehead atoms. The van der Waals surface area contributed by atoms with Gasteiger partial charge in [-0.25, -0.2) is 19.9 Å². The average molecular weight is 785 g/mol. The Balaban J connectivity index is 1.13. The minimum atomic E-state index is 0.488. The summed E-state index contributed by atoms with van der Waals surface area (Å²) in [7, 11) is 0. The lowest BCUT2D eigenvalue weighted by atomic mass is 9.97. The van der Waals surface area contributed by atoms with E-state index in [2.05, 4.69) is 153 Å². The van der Waals surface area contributed by atoms with Crippen molar-refractivity contribution < 1.29 is 8.83 Å². The van der Waals surface area contributed by atoms with E-state index in [9.17, 15) is 0 Å². The van der Waals surface area contributed by atoms with Crippen LogP contribution in [0.25, 0.3) is 56.5 Å². The Morgan fingerprint density at radius 1 is 0.379 bits per heavy atom. The minimum Gasteiger partial charge on any atom is -0.418 e. The summed E-state index contributed by atoms with van der Waals surface area (Å²) in [6.45, 7) is 0. The second kappa shape index (κ2) is 13.2. The van der Waals surface area contributed by atoms with Gasteiger partial charge in [0.15, 0.2) is 0 Å². The maximum absolute atomic E-state index is 6.36. The third-order valence-electron chi connectivity index (χ3n) is 10.4. The highest BCUT2D eigenvalue weighted by Crippen LogP contribution is 2.54. The Labute approximate surface area is 340 Å². The van der Waals surface area contributed by atoms with Crippen LogP contribution in [-0.4, -0.2) is 19.9 Å². The van der Waals surface area contributed by atoms with Crippen LogP contribution < -0.4 is 9.80 Å². The van der Waals surface area contributed by atoms with Crippen molar-refractivity contribution in [2.75, 3.05) is 9.80 Å². The Bertz CT molecular complexity index is 2880. The Morgan fingerprint density at radius 3 is 1.12 bits per heavy atom. The number of hydrogen-bond donors (Lipinski definition) is 0. The quantitative estimate of drug-likeness (QED) is 0.168. The summed E-state index contributed by atoms with van der Waals surface area (Å²) < 4.78 is 12.7. The number of para-hydroxylation sites is 4. The average Bonchev–Trinajstić information content (AvgIpc) is 3.92. The van der Waals surface area contributed by atoms with Crippen LogP contribution in [0.2, 0.25) is 0 Å². The number of hydrogen-bond acceptors (Lipinski definition) is 10. The predicted octanol–water partition coefficient (Wildman–Crippen LogP) is 13.6. The molecule has 2 aliphatic heterocycles. The zero-order chi connectivity index (χ0) is 38.2. The van der Waals surface area contributed by atoms with Crippen LogP contribution in [0.1, 0.15) is 0 Å². The van der Waals surface area contributed by atoms with Gasteiger partial charge in [-0.1, -0.05) is 72.1 Å².